The van der Waals surface area contributed by atoms with Crippen molar-refractivity contribution >= 4 is 16.5 Å². The minimum absolute atomic E-state index is 0.318. The van der Waals surface area contributed by atoms with Crippen molar-refractivity contribution in [2.75, 3.05) is 5.73 Å². The lowest BCUT2D eigenvalue weighted by Crippen LogP contribution is -1.85. The van der Waals surface area contributed by atoms with E-state index in [1.165, 1.54) is 0 Å². The number of phenols is 1. The molecular weight excluding hydrogens is 162 g/mol. The predicted octanol–water partition coefficient (Wildman–Crippen LogP) is 2.44. The topological polar surface area (TPSA) is 46.2 Å². The van der Waals surface area contributed by atoms with E-state index in [1.807, 2.05) is 31.2 Å². The first-order chi connectivity index (χ1) is 6.18. The van der Waals surface area contributed by atoms with Crippen LogP contribution < -0.4 is 5.73 Å². The van der Waals surface area contributed by atoms with E-state index in [9.17, 15) is 5.11 Å². The van der Waals surface area contributed by atoms with Crippen LogP contribution in [0.4, 0.5) is 5.69 Å². The lowest BCUT2D eigenvalue weighted by Gasteiger charge is -2.04. The zero-order chi connectivity index (χ0) is 9.42. The smallest absolute Gasteiger partial charge is 0.119 e. The molecule has 0 unspecified atom stereocenters. The highest BCUT2D eigenvalue weighted by Crippen LogP contribution is 2.27. The van der Waals surface area contributed by atoms with Gasteiger partial charge in [0, 0.05) is 5.69 Å². The molecule has 3 N–H and O–H groups in total. The summed E-state index contributed by atoms with van der Waals surface area (Å²) in [5, 5.41) is 11.6. The third kappa shape index (κ3) is 1.20. The van der Waals surface area contributed by atoms with Gasteiger partial charge in [-0.3, -0.25) is 0 Å². The number of hydrogen-bond donors (Lipinski definition) is 2. The zero-order valence-electron chi connectivity index (χ0n) is 7.41. The van der Waals surface area contributed by atoms with Gasteiger partial charge in [0.2, 0.25) is 0 Å². The molecule has 0 saturated carbocycles. The summed E-state index contributed by atoms with van der Waals surface area (Å²) >= 11 is 0. The van der Waals surface area contributed by atoms with E-state index in [-0.39, 0.29) is 0 Å². The fourth-order valence-electron chi connectivity index (χ4n) is 1.48. The molecule has 0 radical (unpaired) electrons. The first-order valence-corrected chi connectivity index (χ1v) is 4.16. The van der Waals surface area contributed by atoms with Crippen molar-refractivity contribution in [3.05, 3.63) is 35.9 Å². The Kier molecular flexibility index (Phi) is 1.62. The summed E-state index contributed by atoms with van der Waals surface area (Å²) in [5.41, 5.74) is 7.26. The summed E-state index contributed by atoms with van der Waals surface area (Å²) in [6, 6.07) is 9.28. The molecule has 0 fully saturated rings. The van der Waals surface area contributed by atoms with Gasteiger partial charge in [0.15, 0.2) is 0 Å². The number of hydrogen-bond acceptors (Lipinski definition) is 2. The maximum absolute atomic E-state index is 9.47. The number of phenolic OH excluding ortho intramolecular Hbond substituents is 1. The standard InChI is InChI=1S/C11H11NO/c1-7-10-6-9(12)4-2-8(10)3-5-11(7)13/h2-6,13H,12H2,1H3. The van der Waals surface area contributed by atoms with Crippen molar-refractivity contribution in [3.63, 3.8) is 0 Å². The second kappa shape index (κ2) is 2.66. The average molecular weight is 173 g/mol. The third-order valence-electron chi connectivity index (χ3n) is 2.29. The molecule has 66 valence electrons. The Hall–Kier alpha value is -1.70. The highest BCUT2D eigenvalue weighted by Gasteiger charge is 2.01. The van der Waals surface area contributed by atoms with Crippen LogP contribution in [0.15, 0.2) is 30.3 Å². The molecule has 0 saturated heterocycles. The fraction of sp³-hybridized carbons (Fsp3) is 0.0909. The maximum Gasteiger partial charge on any atom is 0.119 e. The first-order valence-electron chi connectivity index (χ1n) is 4.16. The van der Waals surface area contributed by atoms with Gasteiger partial charge in [0.1, 0.15) is 5.75 Å². The summed E-state index contributed by atoms with van der Waals surface area (Å²) in [6.07, 6.45) is 0. The second-order valence-corrected chi connectivity index (χ2v) is 3.19. The molecule has 13 heavy (non-hydrogen) atoms. The average Bonchev–Trinajstić information content (AvgIpc) is 2.12. The van der Waals surface area contributed by atoms with Gasteiger partial charge in [0.05, 0.1) is 0 Å². The van der Waals surface area contributed by atoms with E-state index < -0.39 is 0 Å². The lowest BCUT2D eigenvalue weighted by atomic mass is 10.0. The molecule has 0 spiro atoms. The summed E-state index contributed by atoms with van der Waals surface area (Å²) in [5.74, 6) is 0.318. The van der Waals surface area contributed by atoms with Gasteiger partial charge < -0.3 is 10.8 Å². The van der Waals surface area contributed by atoms with Crippen LogP contribution in [-0.4, -0.2) is 5.11 Å². The number of fused-ring (bicyclic) bond motifs is 1. The van der Waals surface area contributed by atoms with Gasteiger partial charge in [-0.15, -0.1) is 0 Å². The van der Waals surface area contributed by atoms with E-state index in [0.29, 0.717) is 5.75 Å². The van der Waals surface area contributed by atoms with Gasteiger partial charge in [-0.2, -0.15) is 0 Å². The van der Waals surface area contributed by atoms with Gasteiger partial charge >= 0.3 is 0 Å². The van der Waals surface area contributed by atoms with Crippen molar-refractivity contribution in [1.82, 2.24) is 0 Å². The van der Waals surface area contributed by atoms with E-state index in [1.54, 1.807) is 6.07 Å². The minimum atomic E-state index is 0.318. The number of benzene rings is 2. The molecule has 0 amide bonds. The predicted molar refractivity (Wildman–Crippen MR) is 54.8 cm³/mol. The number of nitrogens with two attached hydrogens (primary N) is 1. The Morgan fingerprint density at radius 1 is 1.15 bits per heavy atom. The molecule has 0 aromatic heterocycles. The second-order valence-electron chi connectivity index (χ2n) is 3.19. The number of nitrogen functional groups attached to an aromatic ring is 1. The van der Waals surface area contributed by atoms with Crippen LogP contribution in [0.2, 0.25) is 0 Å². The Balaban J connectivity index is 2.89. The van der Waals surface area contributed by atoms with Crippen LogP contribution in [0, 0.1) is 6.92 Å². The normalized spacial score (nSPS) is 10.5. The van der Waals surface area contributed by atoms with E-state index in [0.717, 1.165) is 22.0 Å². The minimum Gasteiger partial charge on any atom is -0.508 e. The van der Waals surface area contributed by atoms with E-state index in [4.69, 9.17) is 5.73 Å². The number of aromatic hydroxyl groups is 1. The molecule has 0 bridgehead atoms. The van der Waals surface area contributed by atoms with Crippen molar-refractivity contribution in [1.29, 1.82) is 0 Å². The van der Waals surface area contributed by atoms with Crippen molar-refractivity contribution < 1.29 is 5.11 Å². The Labute approximate surface area is 76.6 Å². The molecule has 2 aromatic rings. The van der Waals surface area contributed by atoms with Crippen molar-refractivity contribution in [3.8, 4) is 5.75 Å². The van der Waals surface area contributed by atoms with Crippen LogP contribution in [0.1, 0.15) is 5.56 Å². The fourth-order valence-corrected chi connectivity index (χ4v) is 1.48. The van der Waals surface area contributed by atoms with Crippen LogP contribution in [0.3, 0.4) is 0 Å². The van der Waals surface area contributed by atoms with Crippen LogP contribution >= 0.6 is 0 Å². The van der Waals surface area contributed by atoms with Crippen LogP contribution in [0.5, 0.6) is 5.75 Å². The van der Waals surface area contributed by atoms with Crippen molar-refractivity contribution in [2.24, 2.45) is 0 Å². The molecule has 0 heterocycles. The van der Waals surface area contributed by atoms with Crippen molar-refractivity contribution in [2.45, 2.75) is 6.92 Å². The summed E-state index contributed by atoms with van der Waals surface area (Å²) in [7, 11) is 0. The summed E-state index contributed by atoms with van der Waals surface area (Å²) in [6.45, 7) is 1.89. The molecule has 0 atom stereocenters. The van der Waals surface area contributed by atoms with Gasteiger partial charge in [-0.25, -0.2) is 0 Å². The third-order valence-corrected chi connectivity index (χ3v) is 2.29. The molecule has 0 aliphatic carbocycles. The largest absolute Gasteiger partial charge is 0.508 e. The molecule has 2 rings (SSSR count). The summed E-state index contributed by atoms with van der Waals surface area (Å²) in [4.78, 5) is 0. The van der Waals surface area contributed by atoms with E-state index >= 15 is 0 Å². The lowest BCUT2D eigenvalue weighted by molar-refractivity contribution is 0.472. The number of anilines is 1. The Morgan fingerprint density at radius 2 is 1.85 bits per heavy atom. The molecular formula is C11H11NO. The summed E-state index contributed by atoms with van der Waals surface area (Å²) < 4.78 is 0. The van der Waals surface area contributed by atoms with Gasteiger partial charge in [-0.1, -0.05) is 12.1 Å². The molecule has 0 aliphatic heterocycles. The first kappa shape index (κ1) is 7.92. The highest BCUT2D eigenvalue weighted by molar-refractivity contribution is 5.89. The highest BCUT2D eigenvalue weighted by atomic mass is 16.3. The quantitative estimate of drug-likeness (QED) is 0.601. The zero-order valence-corrected chi connectivity index (χ0v) is 7.41. The number of aryl methyl sites for hydroxylation is 1. The Bertz CT molecular complexity index is 458. The SMILES string of the molecule is Cc1c(O)ccc2ccc(N)cc12. The van der Waals surface area contributed by atoms with Gasteiger partial charge in [-0.05, 0) is 41.5 Å². The molecule has 0 aliphatic rings. The Morgan fingerprint density at radius 3 is 2.62 bits per heavy atom. The van der Waals surface area contributed by atoms with Crippen LogP contribution in [0.25, 0.3) is 10.8 Å². The molecule has 2 nitrogen and oxygen atoms in total. The monoisotopic (exact) mass is 173 g/mol. The van der Waals surface area contributed by atoms with E-state index in [2.05, 4.69) is 0 Å². The van der Waals surface area contributed by atoms with Gasteiger partial charge in [0.25, 0.3) is 0 Å². The molecule has 2 heteroatoms. The maximum atomic E-state index is 9.47. The number of rotatable bonds is 0. The van der Waals surface area contributed by atoms with Crippen LogP contribution in [-0.2, 0) is 0 Å². The molecule has 2 aromatic carbocycles.